The first-order chi connectivity index (χ1) is 8.59. The Morgan fingerprint density at radius 2 is 2.11 bits per heavy atom. The fraction of sp³-hybridized carbons (Fsp3) is 0.500. The topological polar surface area (TPSA) is 38.3 Å². The Hall–Kier alpha value is -1.42. The van der Waals surface area contributed by atoms with Gasteiger partial charge in [-0.25, -0.2) is 4.39 Å². The second-order valence-electron chi connectivity index (χ2n) is 4.59. The van der Waals surface area contributed by atoms with E-state index in [0.29, 0.717) is 37.6 Å². The third-order valence-corrected chi connectivity index (χ3v) is 2.39. The molecule has 0 heterocycles. The van der Waals surface area contributed by atoms with E-state index in [1.807, 2.05) is 13.8 Å². The molecule has 0 radical (unpaired) electrons. The highest BCUT2D eigenvalue weighted by molar-refractivity contribution is 5.69. The molecule has 18 heavy (non-hydrogen) atoms. The van der Waals surface area contributed by atoms with Crippen LogP contribution < -0.4 is 5.32 Å². The number of benzene rings is 1. The van der Waals surface area contributed by atoms with Crippen LogP contribution in [0.1, 0.15) is 25.8 Å². The predicted octanol–water partition coefficient (Wildman–Crippen LogP) is 2.50. The summed E-state index contributed by atoms with van der Waals surface area (Å²) in [6.07, 6.45) is 0.438. The van der Waals surface area contributed by atoms with Gasteiger partial charge in [-0.1, -0.05) is 32.0 Å². The van der Waals surface area contributed by atoms with E-state index in [4.69, 9.17) is 4.74 Å². The summed E-state index contributed by atoms with van der Waals surface area (Å²) in [5.74, 6) is -0.0941. The molecule has 0 unspecified atom stereocenters. The fourth-order valence-corrected chi connectivity index (χ4v) is 1.49. The lowest BCUT2D eigenvalue weighted by Gasteiger charge is -2.08. The quantitative estimate of drug-likeness (QED) is 0.599. The summed E-state index contributed by atoms with van der Waals surface area (Å²) in [7, 11) is 0. The smallest absolute Gasteiger partial charge is 0.306 e. The highest BCUT2D eigenvalue weighted by Gasteiger charge is 2.05. The van der Waals surface area contributed by atoms with Gasteiger partial charge < -0.3 is 10.1 Å². The van der Waals surface area contributed by atoms with Crippen molar-refractivity contribution >= 4 is 5.97 Å². The number of nitrogens with one attached hydrogen (secondary N) is 1. The highest BCUT2D eigenvalue weighted by Crippen LogP contribution is 2.05. The molecule has 0 spiro atoms. The van der Waals surface area contributed by atoms with Crippen LogP contribution in [-0.4, -0.2) is 19.1 Å². The molecular weight excluding hydrogens is 233 g/mol. The second-order valence-corrected chi connectivity index (χ2v) is 4.59. The number of hydrogen-bond donors (Lipinski definition) is 1. The first kappa shape index (κ1) is 14.6. The lowest BCUT2D eigenvalue weighted by Crippen LogP contribution is -2.21. The van der Waals surface area contributed by atoms with E-state index in [2.05, 4.69) is 5.32 Å². The molecule has 0 bridgehead atoms. The third kappa shape index (κ3) is 5.77. The molecule has 0 aliphatic carbocycles. The Kier molecular flexibility index (Phi) is 6.36. The van der Waals surface area contributed by atoms with E-state index < -0.39 is 0 Å². The van der Waals surface area contributed by atoms with E-state index in [1.165, 1.54) is 6.07 Å². The lowest BCUT2D eigenvalue weighted by molar-refractivity contribution is -0.144. The summed E-state index contributed by atoms with van der Waals surface area (Å²) in [6.45, 7) is 5.22. The molecule has 0 aromatic heterocycles. The number of ether oxygens (including phenoxy) is 1. The maximum absolute atomic E-state index is 13.2. The molecule has 0 fully saturated rings. The summed E-state index contributed by atoms with van der Waals surface area (Å²) in [5.41, 5.74) is 0.617. The van der Waals surface area contributed by atoms with Gasteiger partial charge in [0.05, 0.1) is 0 Å². The maximum Gasteiger partial charge on any atom is 0.306 e. The van der Waals surface area contributed by atoms with E-state index in [1.54, 1.807) is 18.2 Å². The zero-order chi connectivity index (χ0) is 13.4. The van der Waals surface area contributed by atoms with Crippen molar-refractivity contribution in [2.45, 2.75) is 26.8 Å². The molecule has 0 atom stereocenters. The standard InChI is InChI=1S/C14H20FNO2/c1-11(2)9-14(17)18-8-7-16-10-12-5-3-4-6-13(12)15/h3-6,11,16H,7-10H2,1-2H3. The number of halogens is 1. The van der Waals surface area contributed by atoms with Crippen LogP contribution in [0.15, 0.2) is 24.3 Å². The molecule has 1 aromatic rings. The molecule has 1 rings (SSSR count). The van der Waals surface area contributed by atoms with Gasteiger partial charge >= 0.3 is 5.97 Å². The molecule has 0 aliphatic heterocycles. The van der Waals surface area contributed by atoms with Crippen LogP contribution in [0.25, 0.3) is 0 Å². The van der Waals surface area contributed by atoms with Crippen LogP contribution >= 0.6 is 0 Å². The Morgan fingerprint density at radius 3 is 2.78 bits per heavy atom. The van der Waals surface area contributed by atoms with Crippen molar-refractivity contribution in [3.63, 3.8) is 0 Å². The molecule has 0 saturated carbocycles. The normalized spacial score (nSPS) is 10.7. The minimum atomic E-state index is -0.221. The average molecular weight is 253 g/mol. The van der Waals surface area contributed by atoms with Crippen molar-refractivity contribution in [1.29, 1.82) is 0 Å². The van der Waals surface area contributed by atoms with Gasteiger partial charge in [-0.05, 0) is 12.0 Å². The third-order valence-electron chi connectivity index (χ3n) is 2.39. The molecule has 100 valence electrons. The van der Waals surface area contributed by atoms with Gasteiger partial charge in [0, 0.05) is 25.1 Å². The van der Waals surface area contributed by atoms with Crippen LogP contribution in [-0.2, 0) is 16.1 Å². The van der Waals surface area contributed by atoms with E-state index >= 15 is 0 Å². The summed E-state index contributed by atoms with van der Waals surface area (Å²) in [6, 6.07) is 6.61. The van der Waals surface area contributed by atoms with E-state index in [-0.39, 0.29) is 11.8 Å². The molecule has 1 aromatic carbocycles. The van der Waals surface area contributed by atoms with Crippen molar-refractivity contribution in [3.05, 3.63) is 35.6 Å². The number of rotatable bonds is 7. The minimum absolute atomic E-state index is 0.183. The Bertz CT molecular complexity index is 380. The lowest BCUT2D eigenvalue weighted by atomic mass is 10.1. The van der Waals surface area contributed by atoms with Gasteiger partial charge in [0.25, 0.3) is 0 Å². The fourth-order valence-electron chi connectivity index (χ4n) is 1.49. The summed E-state index contributed by atoms with van der Waals surface area (Å²) in [4.78, 5) is 11.2. The average Bonchev–Trinajstić information content (AvgIpc) is 2.30. The van der Waals surface area contributed by atoms with Crippen LogP contribution in [0.2, 0.25) is 0 Å². The monoisotopic (exact) mass is 253 g/mol. The zero-order valence-electron chi connectivity index (χ0n) is 10.9. The number of carbonyl (C=O) groups is 1. The Morgan fingerprint density at radius 1 is 1.39 bits per heavy atom. The predicted molar refractivity (Wildman–Crippen MR) is 68.5 cm³/mol. The van der Waals surface area contributed by atoms with Crippen molar-refractivity contribution in [2.24, 2.45) is 5.92 Å². The maximum atomic E-state index is 13.2. The highest BCUT2D eigenvalue weighted by atomic mass is 19.1. The van der Waals surface area contributed by atoms with Gasteiger partial charge in [-0.15, -0.1) is 0 Å². The van der Waals surface area contributed by atoms with Crippen LogP contribution in [0.4, 0.5) is 4.39 Å². The molecule has 4 heteroatoms. The second kappa shape index (κ2) is 7.82. The largest absolute Gasteiger partial charge is 0.464 e. The van der Waals surface area contributed by atoms with Gasteiger partial charge in [-0.3, -0.25) is 4.79 Å². The van der Waals surface area contributed by atoms with Gasteiger partial charge in [0.1, 0.15) is 12.4 Å². The van der Waals surface area contributed by atoms with Gasteiger partial charge in [-0.2, -0.15) is 0 Å². The molecule has 0 aliphatic rings. The number of hydrogen-bond acceptors (Lipinski definition) is 3. The van der Waals surface area contributed by atoms with Crippen molar-refractivity contribution in [2.75, 3.05) is 13.2 Å². The first-order valence-corrected chi connectivity index (χ1v) is 6.19. The van der Waals surface area contributed by atoms with Gasteiger partial charge in [0.2, 0.25) is 0 Å². The first-order valence-electron chi connectivity index (χ1n) is 6.19. The summed E-state index contributed by atoms with van der Waals surface area (Å²) < 4.78 is 18.3. The SMILES string of the molecule is CC(C)CC(=O)OCCNCc1ccccc1F. The van der Waals surface area contributed by atoms with E-state index in [9.17, 15) is 9.18 Å². The molecule has 1 N–H and O–H groups in total. The van der Waals surface area contributed by atoms with Gasteiger partial charge in [0.15, 0.2) is 0 Å². The summed E-state index contributed by atoms with van der Waals surface area (Å²) in [5, 5.41) is 3.03. The zero-order valence-corrected chi connectivity index (χ0v) is 10.9. The van der Waals surface area contributed by atoms with Crippen LogP contribution in [0, 0.1) is 11.7 Å². The Balaban J connectivity index is 2.12. The molecule has 0 saturated heterocycles. The van der Waals surface area contributed by atoms with Crippen molar-refractivity contribution in [3.8, 4) is 0 Å². The molecule has 0 amide bonds. The van der Waals surface area contributed by atoms with E-state index in [0.717, 1.165) is 0 Å². The minimum Gasteiger partial charge on any atom is -0.464 e. The van der Waals surface area contributed by atoms with Crippen LogP contribution in [0.5, 0.6) is 0 Å². The van der Waals surface area contributed by atoms with Crippen molar-refractivity contribution < 1.29 is 13.9 Å². The number of carbonyl (C=O) groups excluding carboxylic acids is 1. The molecule has 3 nitrogen and oxygen atoms in total. The Labute approximate surface area is 107 Å². The summed E-state index contributed by atoms with van der Waals surface area (Å²) >= 11 is 0. The van der Waals surface area contributed by atoms with Crippen molar-refractivity contribution in [1.82, 2.24) is 5.32 Å². The number of esters is 1. The van der Waals surface area contributed by atoms with Crippen LogP contribution in [0.3, 0.4) is 0 Å². The molecular formula is C14H20FNO2.